The summed E-state index contributed by atoms with van der Waals surface area (Å²) < 4.78 is 0. The van der Waals surface area contributed by atoms with Gasteiger partial charge >= 0.3 is 5.97 Å². The molecule has 0 aliphatic carbocycles. The van der Waals surface area contributed by atoms with E-state index in [1.165, 1.54) is 0 Å². The Bertz CT molecular complexity index is 680. The minimum Gasteiger partial charge on any atom is -0.481 e. The van der Waals surface area contributed by atoms with E-state index in [4.69, 9.17) is 23.2 Å². The van der Waals surface area contributed by atoms with E-state index in [0.717, 1.165) is 22.3 Å². The van der Waals surface area contributed by atoms with E-state index in [1.807, 2.05) is 32.0 Å². The highest BCUT2D eigenvalue weighted by molar-refractivity contribution is 6.35. The van der Waals surface area contributed by atoms with Crippen molar-refractivity contribution in [3.05, 3.63) is 68.7 Å². The van der Waals surface area contributed by atoms with Crippen LogP contribution in [0.5, 0.6) is 0 Å². The minimum atomic E-state index is -0.857. The van der Waals surface area contributed by atoms with Gasteiger partial charge in [0.1, 0.15) is 0 Å². The maximum absolute atomic E-state index is 11.6. The van der Waals surface area contributed by atoms with Crippen LogP contribution in [0.2, 0.25) is 10.0 Å². The Morgan fingerprint density at radius 2 is 1.81 bits per heavy atom. The molecule has 0 saturated heterocycles. The third kappa shape index (κ3) is 3.78. The van der Waals surface area contributed by atoms with Crippen molar-refractivity contribution < 1.29 is 9.90 Å². The second-order valence-corrected chi connectivity index (χ2v) is 6.02. The molecular weight excluding hydrogens is 307 g/mol. The standard InChI is InChI=1S/C17H16Cl2O2/c1-10-3-4-12(7-11(10)2)15(17(20)21)8-13-5-6-14(18)9-16(13)19/h3-7,9,15H,8H2,1-2H3,(H,20,21). The zero-order chi connectivity index (χ0) is 15.6. The van der Waals surface area contributed by atoms with E-state index in [9.17, 15) is 9.90 Å². The molecule has 2 nitrogen and oxygen atoms in total. The monoisotopic (exact) mass is 322 g/mol. The van der Waals surface area contributed by atoms with Crippen molar-refractivity contribution in [3.63, 3.8) is 0 Å². The summed E-state index contributed by atoms with van der Waals surface area (Å²) in [6.07, 6.45) is 0.341. The molecule has 0 aromatic heterocycles. The molecule has 0 fully saturated rings. The maximum Gasteiger partial charge on any atom is 0.311 e. The first-order chi connectivity index (χ1) is 9.88. The lowest BCUT2D eigenvalue weighted by Gasteiger charge is -2.15. The predicted molar refractivity (Wildman–Crippen MR) is 86.5 cm³/mol. The van der Waals surface area contributed by atoms with E-state index in [1.54, 1.807) is 18.2 Å². The van der Waals surface area contributed by atoms with Crippen LogP contribution in [0.15, 0.2) is 36.4 Å². The number of carbonyl (C=O) groups is 1. The Morgan fingerprint density at radius 1 is 1.10 bits per heavy atom. The summed E-state index contributed by atoms with van der Waals surface area (Å²) in [5, 5.41) is 10.6. The van der Waals surface area contributed by atoms with Crippen LogP contribution in [0.3, 0.4) is 0 Å². The summed E-state index contributed by atoms with van der Waals surface area (Å²) in [7, 11) is 0. The van der Waals surface area contributed by atoms with Crippen molar-refractivity contribution >= 4 is 29.2 Å². The number of aryl methyl sites for hydroxylation is 2. The van der Waals surface area contributed by atoms with E-state index in [0.29, 0.717) is 16.5 Å². The van der Waals surface area contributed by atoms with E-state index in [2.05, 4.69) is 0 Å². The molecule has 1 atom stereocenters. The van der Waals surface area contributed by atoms with Crippen LogP contribution in [-0.4, -0.2) is 11.1 Å². The van der Waals surface area contributed by atoms with Crippen LogP contribution >= 0.6 is 23.2 Å². The van der Waals surface area contributed by atoms with Gasteiger partial charge in [0.2, 0.25) is 0 Å². The third-order valence-corrected chi connectivity index (χ3v) is 4.26. The SMILES string of the molecule is Cc1ccc(C(Cc2ccc(Cl)cc2Cl)C(=O)O)cc1C. The van der Waals surface area contributed by atoms with Crippen molar-refractivity contribution in [2.24, 2.45) is 0 Å². The summed E-state index contributed by atoms with van der Waals surface area (Å²) in [5.41, 5.74) is 3.80. The van der Waals surface area contributed by atoms with Gasteiger partial charge in [0, 0.05) is 10.0 Å². The molecule has 1 unspecified atom stereocenters. The molecule has 0 amide bonds. The van der Waals surface area contributed by atoms with Crippen molar-refractivity contribution in [3.8, 4) is 0 Å². The lowest BCUT2D eigenvalue weighted by Crippen LogP contribution is -2.15. The van der Waals surface area contributed by atoms with Gasteiger partial charge in [-0.15, -0.1) is 0 Å². The van der Waals surface area contributed by atoms with Gasteiger partial charge in [0.15, 0.2) is 0 Å². The zero-order valence-corrected chi connectivity index (χ0v) is 13.4. The highest BCUT2D eigenvalue weighted by atomic mass is 35.5. The van der Waals surface area contributed by atoms with Crippen LogP contribution in [0.1, 0.15) is 28.2 Å². The molecule has 110 valence electrons. The van der Waals surface area contributed by atoms with Gasteiger partial charge in [-0.3, -0.25) is 4.79 Å². The molecule has 0 radical (unpaired) electrons. The topological polar surface area (TPSA) is 37.3 Å². The van der Waals surface area contributed by atoms with Crippen LogP contribution in [-0.2, 0) is 11.2 Å². The maximum atomic E-state index is 11.6. The highest BCUT2D eigenvalue weighted by Gasteiger charge is 2.22. The molecule has 0 spiro atoms. The normalized spacial score (nSPS) is 12.2. The molecule has 0 bridgehead atoms. The van der Waals surface area contributed by atoms with Crippen LogP contribution in [0, 0.1) is 13.8 Å². The average molecular weight is 323 g/mol. The molecule has 2 aromatic carbocycles. The lowest BCUT2D eigenvalue weighted by molar-refractivity contribution is -0.138. The molecule has 0 aliphatic rings. The van der Waals surface area contributed by atoms with E-state index < -0.39 is 11.9 Å². The van der Waals surface area contributed by atoms with Gasteiger partial charge in [-0.25, -0.2) is 0 Å². The minimum absolute atomic E-state index is 0.341. The first-order valence-corrected chi connectivity index (χ1v) is 7.38. The van der Waals surface area contributed by atoms with Gasteiger partial charge < -0.3 is 5.11 Å². The van der Waals surface area contributed by atoms with Gasteiger partial charge in [-0.05, 0) is 54.7 Å². The summed E-state index contributed by atoms with van der Waals surface area (Å²) in [6, 6.07) is 10.9. The Labute approximate surface area is 134 Å². The molecule has 2 rings (SSSR count). The molecule has 21 heavy (non-hydrogen) atoms. The van der Waals surface area contributed by atoms with Gasteiger partial charge in [0.25, 0.3) is 0 Å². The summed E-state index contributed by atoms with van der Waals surface area (Å²) in [5.74, 6) is -1.48. The fraction of sp³-hybridized carbons (Fsp3) is 0.235. The van der Waals surface area contributed by atoms with Crippen molar-refractivity contribution in [1.29, 1.82) is 0 Å². The van der Waals surface area contributed by atoms with Crippen LogP contribution in [0.25, 0.3) is 0 Å². The third-order valence-electron chi connectivity index (χ3n) is 3.67. The highest BCUT2D eigenvalue weighted by Crippen LogP contribution is 2.28. The molecule has 4 heteroatoms. The quantitative estimate of drug-likeness (QED) is 0.857. The number of carboxylic acid groups (broad SMARTS) is 1. The number of halogens is 2. The number of hydrogen-bond donors (Lipinski definition) is 1. The second-order valence-electron chi connectivity index (χ2n) is 5.17. The van der Waals surface area contributed by atoms with Gasteiger partial charge in [-0.2, -0.15) is 0 Å². The van der Waals surface area contributed by atoms with E-state index in [-0.39, 0.29) is 0 Å². The number of rotatable bonds is 4. The summed E-state index contributed by atoms with van der Waals surface area (Å²) >= 11 is 12.0. The predicted octanol–water partition coefficient (Wildman–Crippen LogP) is 5.02. The molecule has 0 aliphatic heterocycles. The Hall–Kier alpha value is -1.51. The Morgan fingerprint density at radius 3 is 2.38 bits per heavy atom. The summed E-state index contributed by atoms with van der Waals surface area (Å²) in [4.78, 5) is 11.6. The van der Waals surface area contributed by atoms with Gasteiger partial charge in [0.05, 0.1) is 5.92 Å². The fourth-order valence-corrected chi connectivity index (χ4v) is 2.72. The first-order valence-electron chi connectivity index (χ1n) is 6.62. The molecule has 0 saturated carbocycles. The Balaban J connectivity index is 2.35. The number of carboxylic acids is 1. The molecule has 1 N–H and O–H groups in total. The number of hydrogen-bond acceptors (Lipinski definition) is 1. The zero-order valence-electron chi connectivity index (χ0n) is 11.9. The summed E-state index contributed by atoms with van der Waals surface area (Å²) in [6.45, 7) is 3.98. The van der Waals surface area contributed by atoms with Crippen molar-refractivity contribution in [2.75, 3.05) is 0 Å². The molecule has 0 heterocycles. The molecule has 2 aromatic rings. The van der Waals surface area contributed by atoms with Gasteiger partial charge in [-0.1, -0.05) is 47.5 Å². The average Bonchev–Trinajstić information content (AvgIpc) is 2.41. The number of benzene rings is 2. The van der Waals surface area contributed by atoms with Crippen molar-refractivity contribution in [2.45, 2.75) is 26.2 Å². The smallest absolute Gasteiger partial charge is 0.311 e. The second kappa shape index (κ2) is 6.50. The van der Waals surface area contributed by atoms with Crippen LogP contribution in [0.4, 0.5) is 0 Å². The largest absolute Gasteiger partial charge is 0.481 e. The number of aliphatic carboxylic acids is 1. The van der Waals surface area contributed by atoms with Crippen molar-refractivity contribution in [1.82, 2.24) is 0 Å². The van der Waals surface area contributed by atoms with E-state index >= 15 is 0 Å². The van der Waals surface area contributed by atoms with Crippen LogP contribution < -0.4 is 0 Å². The Kier molecular flexibility index (Phi) is 4.92. The fourth-order valence-electron chi connectivity index (χ4n) is 2.24. The first kappa shape index (κ1) is 15.9. The lowest BCUT2D eigenvalue weighted by atomic mass is 9.90. The molecular formula is C17H16Cl2O2.